The summed E-state index contributed by atoms with van der Waals surface area (Å²) in [7, 11) is 2.22. The van der Waals surface area contributed by atoms with Gasteiger partial charge in [-0.05, 0) is 31.2 Å². The molecule has 1 nitrogen and oxygen atoms in total. The van der Waals surface area contributed by atoms with Gasteiger partial charge < -0.3 is 4.90 Å². The van der Waals surface area contributed by atoms with Crippen LogP contribution in [0.4, 0.5) is 0 Å². The van der Waals surface area contributed by atoms with Crippen LogP contribution in [-0.2, 0) is 0 Å². The van der Waals surface area contributed by atoms with E-state index in [4.69, 9.17) is 0 Å². The van der Waals surface area contributed by atoms with Crippen molar-refractivity contribution in [2.24, 2.45) is 5.41 Å². The van der Waals surface area contributed by atoms with E-state index in [1.807, 2.05) is 0 Å². The Morgan fingerprint density at radius 3 is 2.21 bits per heavy atom. The topological polar surface area (TPSA) is 3.24 Å². The Balaban J connectivity index is 1.99. The number of fused-ring (bicyclic) bond motifs is 3. The van der Waals surface area contributed by atoms with Crippen LogP contribution in [-0.4, -0.2) is 25.0 Å². The van der Waals surface area contributed by atoms with E-state index in [9.17, 15) is 0 Å². The molecule has 1 aliphatic heterocycles. The van der Waals surface area contributed by atoms with Crippen molar-refractivity contribution in [3.63, 3.8) is 0 Å². The van der Waals surface area contributed by atoms with Gasteiger partial charge in [-0.15, -0.1) is 0 Å². The lowest BCUT2D eigenvalue weighted by atomic mass is 10.0. The highest BCUT2D eigenvalue weighted by atomic mass is 15.1. The molecule has 0 bridgehead atoms. The number of rotatable bonds is 0. The van der Waals surface area contributed by atoms with Crippen molar-refractivity contribution in [1.82, 2.24) is 4.90 Å². The third-order valence-electron chi connectivity index (χ3n) is 3.58. The lowest BCUT2D eigenvalue weighted by molar-refractivity contribution is 0.400. The molecule has 3 aliphatic rings. The zero-order valence-corrected chi connectivity index (χ0v) is 8.53. The molecule has 2 aliphatic carbocycles. The summed E-state index contributed by atoms with van der Waals surface area (Å²) >= 11 is 0. The molecule has 0 unspecified atom stereocenters. The lowest BCUT2D eigenvalue weighted by Crippen LogP contribution is -2.14. The first-order valence-corrected chi connectivity index (χ1v) is 5.28. The maximum absolute atomic E-state index is 2.43. The highest BCUT2D eigenvalue weighted by Crippen LogP contribution is 2.63. The molecule has 1 heteroatoms. The zero-order valence-electron chi connectivity index (χ0n) is 8.53. The molecule has 0 aromatic rings. The molecule has 0 amide bonds. The fourth-order valence-electron chi connectivity index (χ4n) is 2.78. The Kier molecular flexibility index (Phi) is 1.59. The van der Waals surface area contributed by atoms with E-state index >= 15 is 0 Å². The molecule has 0 aromatic heterocycles. The molecule has 1 heterocycles. The summed E-state index contributed by atoms with van der Waals surface area (Å²) in [6.45, 7) is 2.45. The minimum Gasteiger partial charge on any atom is -0.305 e. The van der Waals surface area contributed by atoms with Crippen LogP contribution < -0.4 is 0 Å². The standard InChI is InChI=1S/C13H15N/c1-14-9-8-13(10-14)11-6-4-2-3-5-7-12(11)13/h2-7H,8-10H2,1H3. The summed E-state index contributed by atoms with van der Waals surface area (Å²) < 4.78 is 0. The smallest absolute Gasteiger partial charge is 0.0347 e. The fourth-order valence-corrected chi connectivity index (χ4v) is 2.78. The maximum Gasteiger partial charge on any atom is 0.0347 e. The summed E-state index contributed by atoms with van der Waals surface area (Å²) in [5.74, 6) is 0. The number of hydrogen-bond donors (Lipinski definition) is 0. The minimum absolute atomic E-state index is 0.438. The van der Waals surface area contributed by atoms with E-state index in [2.05, 4.69) is 48.4 Å². The van der Waals surface area contributed by atoms with E-state index in [0.29, 0.717) is 5.41 Å². The van der Waals surface area contributed by atoms with Crippen LogP contribution in [0, 0.1) is 5.41 Å². The first kappa shape index (κ1) is 8.25. The highest BCUT2D eigenvalue weighted by Gasteiger charge is 2.56. The summed E-state index contributed by atoms with van der Waals surface area (Å²) in [4.78, 5) is 2.43. The molecule has 0 atom stereocenters. The van der Waals surface area contributed by atoms with Crippen molar-refractivity contribution < 1.29 is 0 Å². The van der Waals surface area contributed by atoms with Crippen LogP contribution in [0.2, 0.25) is 0 Å². The van der Waals surface area contributed by atoms with Crippen molar-refractivity contribution in [2.45, 2.75) is 6.42 Å². The van der Waals surface area contributed by atoms with Crippen LogP contribution in [0.1, 0.15) is 6.42 Å². The predicted molar refractivity (Wildman–Crippen MR) is 59.0 cm³/mol. The Hall–Kier alpha value is -1.08. The summed E-state index contributed by atoms with van der Waals surface area (Å²) in [6, 6.07) is 0. The number of likely N-dealkylation sites (tertiary alicyclic amines) is 1. The van der Waals surface area contributed by atoms with Gasteiger partial charge in [0.2, 0.25) is 0 Å². The molecule has 14 heavy (non-hydrogen) atoms. The third kappa shape index (κ3) is 0.992. The summed E-state index contributed by atoms with van der Waals surface area (Å²) in [5, 5.41) is 0. The van der Waals surface area contributed by atoms with Crippen molar-refractivity contribution in [2.75, 3.05) is 20.1 Å². The first-order valence-electron chi connectivity index (χ1n) is 5.28. The number of allylic oxidation sites excluding steroid dienone is 6. The van der Waals surface area contributed by atoms with Crippen molar-refractivity contribution in [3.8, 4) is 0 Å². The molecule has 2 fully saturated rings. The molecular weight excluding hydrogens is 170 g/mol. The van der Waals surface area contributed by atoms with Gasteiger partial charge in [0.05, 0.1) is 0 Å². The van der Waals surface area contributed by atoms with Crippen molar-refractivity contribution >= 4 is 0 Å². The van der Waals surface area contributed by atoms with E-state index < -0.39 is 0 Å². The molecule has 3 rings (SSSR count). The molecule has 1 saturated heterocycles. The van der Waals surface area contributed by atoms with Gasteiger partial charge in [0.25, 0.3) is 0 Å². The van der Waals surface area contributed by atoms with Crippen LogP contribution in [0.15, 0.2) is 47.6 Å². The second-order valence-electron chi connectivity index (χ2n) is 4.50. The van der Waals surface area contributed by atoms with Gasteiger partial charge in [-0.2, -0.15) is 0 Å². The second-order valence-corrected chi connectivity index (χ2v) is 4.50. The molecular formula is C13H15N. The van der Waals surface area contributed by atoms with E-state index in [1.54, 1.807) is 11.1 Å². The molecule has 1 spiro atoms. The SMILES string of the molecule is CN1CCC2(C1)C1=CC=CC=CC=C12. The molecule has 1 saturated carbocycles. The Morgan fingerprint density at radius 2 is 1.71 bits per heavy atom. The largest absolute Gasteiger partial charge is 0.305 e. The van der Waals surface area contributed by atoms with Crippen LogP contribution in [0.5, 0.6) is 0 Å². The molecule has 0 radical (unpaired) electrons. The first-order chi connectivity index (χ1) is 6.83. The van der Waals surface area contributed by atoms with Gasteiger partial charge in [-0.25, -0.2) is 0 Å². The van der Waals surface area contributed by atoms with Gasteiger partial charge in [-0.3, -0.25) is 0 Å². The quantitative estimate of drug-likeness (QED) is 0.559. The minimum atomic E-state index is 0.438. The van der Waals surface area contributed by atoms with Gasteiger partial charge in [0.15, 0.2) is 0 Å². The highest BCUT2D eigenvalue weighted by molar-refractivity contribution is 5.66. The molecule has 72 valence electrons. The van der Waals surface area contributed by atoms with Crippen LogP contribution in [0.25, 0.3) is 0 Å². The normalized spacial score (nSPS) is 34.9. The van der Waals surface area contributed by atoms with Crippen LogP contribution >= 0.6 is 0 Å². The maximum atomic E-state index is 2.43. The predicted octanol–water partition coefficient (Wildman–Crippen LogP) is 2.30. The van der Waals surface area contributed by atoms with Gasteiger partial charge in [0.1, 0.15) is 0 Å². The van der Waals surface area contributed by atoms with Crippen molar-refractivity contribution in [1.29, 1.82) is 0 Å². The van der Waals surface area contributed by atoms with Gasteiger partial charge in [0, 0.05) is 12.0 Å². The number of hydrogen-bond acceptors (Lipinski definition) is 1. The third-order valence-corrected chi connectivity index (χ3v) is 3.58. The zero-order chi connectivity index (χ0) is 9.60. The van der Waals surface area contributed by atoms with Gasteiger partial charge >= 0.3 is 0 Å². The average molecular weight is 185 g/mol. The Morgan fingerprint density at radius 1 is 1.07 bits per heavy atom. The second kappa shape index (κ2) is 2.71. The fraction of sp³-hybridized carbons (Fsp3) is 0.385. The Bertz CT molecular complexity index is 354. The monoisotopic (exact) mass is 185 g/mol. The van der Waals surface area contributed by atoms with E-state index in [0.717, 1.165) is 0 Å². The van der Waals surface area contributed by atoms with E-state index in [1.165, 1.54) is 19.5 Å². The van der Waals surface area contributed by atoms with E-state index in [-0.39, 0.29) is 0 Å². The average Bonchev–Trinajstić information content (AvgIpc) is 2.50. The summed E-state index contributed by atoms with van der Waals surface area (Å²) in [5.41, 5.74) is 3.58. The lowest BCUT2D eigenvalue weighted by Gasteiger charge is -2.05. The Labute approximate surface area is 85.1 Å². The van der Waals surface area contributed by atoms with Crippen LogP contribution in [0.3, 0.4) is 0 Å². The van der Waals surface area contributed by atoms with Crippen molar-refractivity contribution in [3.05, 3.63) is 47.6 Å². The molecule has 0 N–H and O–H groups in total. The van der Waals surface area contributed by atoms with Gasteiger partial charge in [-0.1, -0.05) is 36.5 Å². The number of nitrogens with zero attached hydrogens (tertiary/aromatic N) is 1. The molecule has 0 aromatic carbocycles. The summed E-state index contributed by atoms with van der Waals surface area (Å²) in [6.07, 6.45) is 14.4.